The molecule has 0 atom stereocenters. The van der Waals surface area contributed by atoms with Crippen molar-refractivity contribution in [1.29, 1.82) is 0 Å². The minimum atomic E-state index is -0.271. The van der Waals surface area contributed by atoms with Gasteiger partial charge in [-0.1, -0.05) is 45.4 Å². The molecule has 1 rings (SSSR count). The van der Waals surface area contributed by atoms with Crippen LogP contribution in [-0.4, -0.2) is 29.9 Å². The molecule has 0 bridgehead atoms. The van der Waals surface area contributed by atoms with Gasteiger partial charge in [-0.05, 0) is 33.1 Å². The molecule has 1 aliphatic rings. The van der Waals surface area contributed by atoms with Crippen LogP contribution in [0.25, 0.3) is 0 Å². The van der Waals surface area contributed by atoms with E-state index in [9.17, 15) is 4.79 Å². The van der Waals surface area contributed by atoms with Gasteiger partial charge in [-0.15, -0.1) is 0 Å². The summed E-state index contributed by atoms with van der Waals surface area (Å²) in [6, 6.07) is 0.283. The first-order valence-corrected chi connectivity index (χ1v) is 8.58. The molecule has 1 aliphatic carbocycles. The standard InChI is InChI=1S/C17H34N2O/c1-4-5-10-13-19(15(2)3)16(20)17(14-18)11-8-6-7-9-12-17/h15H,4-14,18H2,1-3H3. The fourth-order valence-electron chi connectivity index (χ4n) is 3.34. The monoisotopic (exact) mass is 282 g/mol. The van der Waals surface area contributed by atoms with Gasteiger partial charge in [-0.2, -0.15) is 0 Å². The van der Waals surface area contributed by atoms with Crippen molar-refractivity contribution in [3.05, 3.63) is 0 Å². The van der Waals surface area contributed by atoms with Crippen molar-refractivity contribution < 1.29 is 4.79 Å². The SMILES string of the molecule is CCCCCN(C(=O)C1(CN)CCCCCC1)C(C)C. The summed E-state index contributed by atoms with van der Waals surface area (Å²) in [7, 11) is 0. The van der Waals surface area contributed by atoms with Crippen LogP contribution in [-0.2, 0) is 4.79 Å². The molecule has 0 heterocycles. The van der Waals surface area contributed by atoms with Gasteiger partial charge in [0.2, 0.25) is 5.91 Å². The zero-order chi connectivity index (χ0) is 15.0. The predicted molar refractivity (Wildman–Crippen MR) is 85.6 cm³/mol. The number of rotatable bonds is 7. The van der Waals surface area contributed by atoms with Gasteiger partial charge in [-0.25, -0.2) is 0 Å². The smallest absolute Gasteiger partial charge is 0.230 e. The Morgan fingerprint density at radius 1 is 1.15 bits per heavy atom. The van der Waals surface area contributed by atoms with Gasteiger partial charge in [0.05, 0.1) is 5.41 Å². The van der Waals surface area contributed by atoms with Crippen molar-refractivity contribution in [3.63, 3.8) is 0 Å². The zero-order valence-corrected chi connectivity index (χ0v) is 13.8. The van der Waals surface area contributed by atoms with Gasteiger partial charge in [-0.3, -0.25) is 4.79 Å². The number of nitrogens with two attached hydrogens (primary N) is 1. The molecular formula is C17H34N2O. The molecule has 1 fully saturated rings. The van der Waals surface area contributed by atoms with E-state index in [1.807, 2.05) is 0 Å². The Labute approximate surface area is 125 Å². The van der Waals surface area contributed by atoms with Crippen LogP contribution in [0.2, 0.25) is 0 Å². The van der Waals surface area contributed by atoms with Crippen molar-refractivity contribution in [1.82, 2.24) is 4.90 Å². The highest BCUT2D eigenvalue weighted by molar-refractivity contribution is 5.83. The molecule has 3 nitrogen and oxygen atoms in total. The van der Waals surface area contributed by atoms with E-state index >= 15 is 0 Å². The molecule has 0 saturated heterocycles. The molecule has 0 unspecified atom stereocenters. The fraction of sp³-hybridized carbons (Fsp3) is 0.941. The summed E-state index contributed by atoms with van der Waals surface area (Å²) in [6.45, 7) is 7.87. The number of hydrogen-bond acceptors (Lipinski definition) is 2. The van der Waals surface area contributed by atoms with Crippen LogP contribution in [0.5, 0.6) is 0 Å². The molecule has 3 heteroatoms. The average Bonchev–Trinajstić information content (AvgIpc) is 2.69. The predicted octanol–water partition coefficient (Wildman–Crippen LogP) is 3.71. The summed E-state index contributed by atoms with van der Waals surface area (Å²) in [6.07, 6.45) is 10.3. The molecule has 118 valence electrons. The van der Waals surface area contributed by atoms with Crippen molar-refractivity contribution in [2.24, 2.45) is 11.1 Å². The third-order valence-corrected chi connectivity index (χ3v) is 4.79. The molecule has 0 radical (unpaired) electrons. The molecule has 1 amide bonds. The zero-order valence-electron chi connectivity index (χ0n) is 13.8. The molecule has 2 N–H and O–H groups in total. The lowest BCUT2D eigenvalue weighted by atomic mass is 9.78. The van der Waals surface area contributed by atoms with E-state index in [-0.39, 0.29) is 11.5 Å². The Morgan fingerprint density at radius 3 is 2.20 bits per heavy atom. The molecule has 0 aromatic heterocycles. The first-order valence-electron chi connectivity index (χ1n) is 8.58. The lowest BCUT2D eigenvalue weighted by molar-refractivity contribution is -0.144. The van der Waals surface area contributed by atoms with Crippen LogP contribution in [0.3, 0.4) is 0 Å². The third-order valence-electron chi connectivity index (χ3n) is 4.79. The maximum atomic E-state index is 13.1. The first kappa shape index (κ1) is 17.5. The number of unbranched alkanes of at least 4 members (excludes halogenated alkanes) is 2. The summed E-state index contributed by atoms with van der Waals surface area (Å²) in [5.74, 6) is 0.327. The first-order chi connectivity index (χ1) is 9.57. The maximum absolute atomic E-state index is 13.1. The maximum Gasteiger partial charge on any atom is 0.230 e. The van der Waals surface area contributed by atoms with Crippen LogP contribution in [0, 0.1) is 5.41 Å². The second-order valence-electron chi connectivity index (χ2n) is 6.70. The molecule has 1 saturated carbocycles. The lowest BCUT2D eigenvalue weighted by Crippen LogP contribution is -2.50. The molecule has 20 heavy (non-hydrogen) atoms. The highest BCUT2D eigenvalue weighted by Gasteiger charge is 2.40. The second-order valence-corrected chi connectivity index (χ2v) is 6.70. The summed E-state index contributed by atoms with van der Waals surface area (Å²) >= 11 is 0. The number of carbonyl (C=O) groups excluding carboxylic acids is 1. The largest absolute Gasteiger partial charge is 0.340 e. The van der Waals surface area contributed by atoms with Crippen molar-refractivity contribution in [2.45, 2.75) is 84.6 Å². The minimum Gasteiger partial charge on any atom is -0.340 e. The van der Waals surface area contributed by atoms with Crippen molar-refractivity contribution in [3.8, 4) is 0 Å². The summed E-state index contributed by atoms with van der Waals surface area (Å²) in [5.41, 5.74) is 5.78. The van der Waals surface area contributed by atoms with E-state index in [4.69, 9.17) is 5.73 Å². The summed E-state index contributed by atoms with van der Waals surface area (Å²) < 4.78 is 0. The van der Waals surface area contributed by atoms with Crippen molar-refractivity contribution in [2.75, 3.05) is 13.1 Å². The van der Waals surface area contributed by atoms with Gasteiger partial charge in [0.25, 0.3) is 0 Å². The molecule has 0 spiro atoms. The van der Waals surface area contributed by atoms with E-state index in [1.54, 1.807) is 0 Å². The van der Waals surface area contributed by atoms with Crippen LogP contribution in [0.15, 0.2) is 0 Å². The molecular weight excluding hydrogens is 248 g/mol. The Morgan fingerprint density at radius 2 is 1.75 bits per heavy atom. The highest BCUT2D eigenvalue weighted by Crippen LogP contribution is 2.36. The number of carbonyl (C=O) groups is 1. The summed E-state index contributed by atoms with van der Waals surface area (Å²) in [5, 5.41) is 0. The minimum absolute atomic E-state index is 0.271. The van der Waals surface area contributed by atoms with Crippen LogP contribution in [0.4, 0.5) is 0 Å². The van der Waals surface area contributed by atoms with Crippen LogP contribution >= 0.6 is 0 Å². The van der Waals surface area contributed by atoms with Crippen molar-refractivity contribution >= 4 is 5.91 Å². The van der Waals surface area contributed by atoms with Gasteiger partial charge in [0.15, 0.2) is 0 Å². The normalized spacial score (nSPS) is 18.9. The fourth-order valence-corrected chi connectivity index (χ4v) is 3.34. The molecule has 0 aliphatic heterocycles. The van der Waals surface area contributed by atoms with Gasteiger partial charge in [0.1, 0.15) is 0 Å². The Balaban J connectivity index is 2.78. The van der Waals surface area contributed by atoms with E-state index < -0.39 is 0 Å². The van der Waals surface area contributed by atoms with Gasteiger partial charge >= 0.3 is 0 Å². The van der Waals surface area contributed by atoms with E-state index in [0.29, 0.717) is 12.5 Å². The molecule has 0 aromatic rings. The van der Waals surface area contributed by atoms with E-state index in [0.717, 1.165) is 38.6 Å². The molecule has 0 aromatic carbocycles. The van der Waals surface area contributed by atoms with E-state index in [2.05, 4.69) is 25.7 Å². The lowest BCUT2D eigenvalue weighted by Gasteiger charge is -2.38. The number of nitrogens with zero attached hydrogens (tertiary/aromatic N) is 1. The Kier molecular flexibility index (Phi) is 7.57. The second kappa shape index (κ2) is 8.66. The Hall–Kier alpha value is -0.570. The topological polar surface area (TPSA) is 46.3 Å². The highest BCUT2D eigenvalue weighted by atomic mass is 16.2. The van der Waals surface area contributed by atoms with Crippen LogP contribution < -0.4 is 5.73 Å². The number of amides is 1. The van der Waals surface area contributed by atoms with Gasteiger partial charge in [0, 0.05) is 19.1 Å². The van der Waals surface area contributed by atoms with Gasteiger partial charge < -0.3 is 10.6 Å². The average molecular weight is 282 g/mol. The quantitative estimate of drug-likeness (QED) is 0.571. The number of hydrogen-bond donors (Lipinski definition) is 1. The van der Waals surface area contributed by atoms with Crippen LogP contribution in [0.1, 0.15) is 78.6 Å². The van der Waals surface area contributed by atoms with E-state index in [1.165, 1.54) is 25.7 Å². The summed E-state index contributed by atoms with van der Waals surface area (Å²) in [4.78, 5) is 15.2. The third kappa shape index (κ3) is 4.47. The Bertz CT molecular complexity index is 281.